The smallest absolute Gasteiger partial charge is 0.322 e. The first-order valence-electron chi connectivity index (χ1n) is 4.88. The minimum absolute atomic E-state index is 0.0375. The highest BCUT2D eigenvalue weighted by atomic mass is 35.5. The van der Waals surface area contributed by atoms with Crippen LogP contribution in [0.5, 0.6) is 6.01 Å². The predicted molar refractivity (Wildman–Crippen MR) is 63.4 cm³/mol. The van der Waals surface area contributed by atoms with Crippen molar-refractivity contribution in [2.75, 3.05) is 13.2 Å². The summed E-state index contributed by atoms with van der Waals surface area (Å²) in [5.74, 6) is -0.726. The first kappa shape index (κ1) is 14.6. The molecule has 0 aliphatic carbocycles. The molecule has 0 aromatic carbocycles. The van der Waals surface area contributed by atoms with Gasteiger partial charge in [0.05, 0.1) is 6.54 Å². The van der Waals surface area contributed by atoms with Crippen LogP contribution in [-0.4, -0.2) is 44.8 Å². The van der Waals surface area contributed by atoms with Gasteiger partial charge >= 0.3 is 6.01 Å². The van der Waals surface area contributed by atoms with Gasteiger partial charge in [0.25, 0.3) is 0 Å². The van der Waals surface area contributed by atoms with Crippen molar-refractivity contribution in [1.82, 2.24) is 19.9 Å². The number of carbonyl (C=O) groups excluding carboxylic acids is 2. The number of imide groups is 1. The van der Waals surface area contributed by atoms with Gasteiger partial charge in [-0.2, -0.15) is 15.0 Å². The number of hydrogen-bond donors (Lipinski definition) is 0. The largest absolute Gasteiger partial charge is 0.461 e. The number of nitrogens with zero attached hydrogens (tertiary/aromatic N) is 4. The van der Waals surface area contributed by atoms with Crippen LogP contribution in [0.15, 0.2) is 0 Å². The van der Waals surface area contributed by atoms with Crippen LogP contribution in [0.25, 0.3) is 0 Å². The van der Waals surface area contributed by atoms with E-state index in [4.69, 9.17) is 27.9 Å². The molecule has 1 rings (SSSR count). The molecule has 0 atom stereocenters. The van der Waals surface area contributed by atoms with Crippen molar-refractivity contribution in [3.63, 3.8) is 0 Å². The maximum absolute atomic E-state index is 11.1. The van der Waals surface area contributed by atoms with E-state index < -0.39 is 0 Å². The molecule has 1 aromatic rings. The molecule has 1 heterocycles. The van der Waals surface area contributed by atoms with Gasteiger partial charge in [-0.1, -0.05) is 0 Å². The predicted octanol–water partition coefficient (Wildman–Crippen LogP) is 0.952. The van der Waals surface area contributed by atoms with Crippen molar-refractivity contribution in [3.8, 4) is 6.01 Å². The quantitative estimate of drug-likeness (QED) is 0.821. The van der Waals surface area contributed by atoms with Crippen molar-refractivity contribution in [2.24, 2.45) is 0 Å². The maximum atomic E-state index is 11.1. The summed E-state index contributed by atoms with van der Waals surface area (Å²) < 4.78 is 5.12. The number of halogens is 2. The van der Waals surface area contributed by atoms with E-state index in [0.29, 0.717) is 0 Å². The molecule has 0 spiro atoms. The summed E-state index contributed by atoms with van der Waals surface area (Å²) in [5.41, 5.74) is 0. The Kier molecular flexibility index (Phi) is 5.24. The summed E-state index contributed by atoms with van der Waals surface area (Å²) in [6, 6.07) is -0.0629. The molecular formula is C9H10Cl2N4O3. The van der Waals surface area contributed by atoms with Gasteiger partial charge in [-0.15, -0.1) is 0 Å². The normalized spacial score (nSPS) is 10.0. The van der Waals surface area contributed by atoms with Gasteiger partial charge in [0.15, 0.2) is 0 Å². The molecule has 0 saturated heterocycles. The molecule has 7 nitrogen and oxygen atoms in total. The third kappa shape index (κ3) is 4.42. The SMILES string of the molecule is CC(=O)N(CCOc1nc(Cl)nc(Cl)n1)C(C)=O. The third-order valence-corrected chi connectivity index (χ3v) is 2.20. The van der Waals surface area contributed by atoms with E-state index in [1.807, 2.05) is 0 Å². The van der Waals surface area contributed by atoms with Crippen molar-refractivity contribution in [2.45, 2.75) is 13.8 Å². The molecule has 1 aromatic heterocycles. The summed E-state index contributed by atoms with van der Waals surface area (Å²) in [7, 11) is 0. The Morgan fingerprint density at radius 3 is 2.06 bits per heavy atom. The fourth-order valence-corrected chi connectivity index (χ4v) is 1.49. The molecular weight excluding hydrogens is 283 g/mol. The molecule has 0 aliphatic rings. The Morgan fingerprint density at radius 1 is 1.11 bits per heavy atom. The van der Waals surface area contributed by atoms with E-state index in [2.05, 4.69) is 15.0 Å². The number of carbonyl (C=O) groups is 2. The lowest BCUT2D eigenvalue weighted by molar-refractivity contribution is -0.142. The molecule has 0 N–H and O–H groups in total. The van der Waals surface area contributed by atoms with Gasteiger partial charge in [-0.05, 0) is 23.2 Å². The molecule has 0 radical (unpaired) electrons. The molecule has 9 heteroatoms. The molecule has 0 fully saturated rings. The number of rotatable bonds is 4. The third-order valence-electron chi connectivity index (χ3n) is 1.87. The monoisotopic (exact) mass is 292 g/mol. The summed E-state index contributed by atoms with van der Waals surface area (Å²) >= 11 is 11.1. The van der Waals surface area contributed by atoms with E-state index >= 15 is 0 Å². The van der Waals surface area contributed by atoms with Gasteiger partial charge < -0.3 is 4.74 Å². The molecule has 0 bridgehead atoms. The zero-order chi connectivity index (χ0) is 13.7. The highest BCUT2D eigenvalue weighted by molar-refractivity contribution is 6.31. The lowest BCUT2D eigenvalue weighted by atomic mass is 10.4. The van der Waals surface area contributed by atoms with Crippen LogP contribution >= 0.6 is 23.2 Å². The van der Waals surface area contributed by atoms with Gasteiger partial charge in [-0.3, -0.25) is 14.5 Å². The lowest BCUT2D eigenvalue weighted by Crippen LogP contribution is -2.36. The summed E-state index contributed by atoms with van der Waals surface area (Å²) in [4.78, 5) is 34.1. The Bertz CT molecular complexity index is 435. The second-order valence-electron chi connectivity index (χ2n) is 3.19. The van der Waals surface area contributed by atoms with Crippen molar-refractivity contribution in [3.05, 3.63) is 10.6 Å². The highest BCUT2D eigenvalue weighted by Gasteiger charge is 2.13. The minimum Gasteiger partial charge on any atom is -0.461 e. The molecule has 0 saturated carbocycles. The van der Waals surface area contributed by atoms with Gasteiger partial charge in [0, 0.05) is 13.8 Å². The Balaban J connectivity index is 2.55. The van der Waals surface area contributed by atoms with Gasteiger partial charge in [-0.25, -0.2) is 0 Å². The Morgan fingerprint density at radius 2 is 1.61 bits per heavy atom. The highest BCUT2D eigenvalue weighted by Crippen LogP contribution is 2.11. The summed E-state index contributed by atoms with van der Waals surface area (Å²) in [6.07, 6.45) is 0. The average Bonchev–Trinajstić information content (AvgIpc) is 2.21. The molecule has 0 unspecified atom stereocenters. The van der Waals surface area contributed by atoms with E-state index in [1.54, 1.807) is 0 Å². The molecule has 0 aliphatic heterocycles. The van der Waals surface area contributed by atoms with Crippen molar-refractivity contribution >= 4 is 35.0 Å². The van der Waals surface area contributed by atoms with E-state index in [9.17, 15) is 9.59 Å². The van der Waals surface area contributed by atoms with E-state index in [1.165, 1.54) is 13.8 Å². The molecule has 98 valence electrons. The zero-order valence-corrected chi connectivity index (χ0v) is 11.2. The zero-order valence-electron chi connectivity index (χ0n) is 9.68. The van der Waals surface area contributed by atoms with Crippen LogP contribution in [0.2, 0.25) is 10.6 Å². The first-order valence-corrected chi connectivity index (χ1v) is 5.64. The first-order chi connectivity index (χ1) is 8.40. The summed E-state index contributed by atoms with van der Waals surface area (Å²) in [6.45, 7) is 2.71. The fraction of sp³-hybridized carbons (Fsp3) is 0.444. The summed E-state index contributed by atoms with van der Waals surface area (Å²) in [5, 5.41) is -0.194. The van der Waals surface area contributed by atoms with Crippen LogP contribution in [0.4, 0.5) is 0 Å². The lowest BCUT2D eigenvalue weighted by Gasteiger charge is -2.16. The molecule has 2 amide bonds. The van der Waals surface area contributed by atoms with Crippen molar-refractivity contribution in [1.29, 1.82) is 0 Å². The average molecular weight is 293 g/mol. The van der Waals surface area contributed by atoms with Crippen LogP contribution in [0, 0.1) is 0 Å². The second kappa shape index (κ2) is 6.46. The number of amides is 2. The van der Waals surface area contributed by atoms with Crippen LogP contribution in [0.1, 0.15) is 13.8 Å². The minimum atomic E-state index is -0.363. The van der Waals surface area contributed by atoms with Crippen molar-refractivity contribution < 1.29 is 14.3 Å². The Labute approximate surface area is 113 Å². The standard InChI is InChI=1S/C9H10Cl2N4O3/c1-5(16)15(6(2)17)3-4-18-9-13-7(10)12-8(11)14-9/h3-4H2,1-2H3. The number of aromatic nitrogens is 3. The number of hydrogen-bond acceptors (Lipinski definition) is 6. The fourth-order valence-electron chi connectivity index (χ4n) is 1.14. The van der Waals surface area contributed by atoms with E-state index in [0.717, 1.165) is 4.90 Å². The van der Waals surface area contributed by atoms with Crippen LogP contribution in [0.3, 0.4) is 0 Å². The Hall–Kier alpha value is -1.47. The van der Waals surface area contributed by atoms with Gasteiger partial charge in [0.2, 0.25) is 22.4 Å². The second-order valence-corrected chi connectivity index (χ2v) is 3.87. The number of ether oxygens (including phenoxy) is 1. The maximum Gasteiger partial charge on any atom is 0.322 e. The van der Waals surface area contributed by atoms with Crippen LogP contribution < -0.4 is 4.74 Å². The van der Waals surface area contributed by atoms with Gasteiger partial charge in [0.1, 0.15) is 6.61 Å². The topological polar surface area (TPSA) is 85.3 Å². The van der Waals surface area contributed by atoms with Crippen LogP contribution in [-0.2, 0) is 9.59 Å². The molecule has 18 heavy (non-hydrogen) atoms. The van der Waals surface area contributed by atoms with E-state index in [-0.39, 0.29) is 41.5 Å².